The molecule has 0 unspecified atom stereocenters. The lowest BCUT2D eigenvalue weighted by Crippen LogP contribution is -2.32. The van der Waals surface area contributed by atoms with E-state index in [-0.39, 0.29) is 18.6 Å². The van der Waals surface area contributed by atoms with Crippen LogP contribution < -0.4 is 10.1 Å². The first-order valence-corrected chi connectivity index (χ1v) is 6.89. The van der Waals surface area contributed by atoms with Gasteiger partial charge in [0.25, 0.3) is 5.91 Å². The van der Waals surface area contributed by atoms with Gasteiger partial charge in [-0.1, -0.05) is 12.2 Å². The molecular formula is C16H19NO4. The first-order chi connectivity index (χ1) is 9.97. The Morgan fingerprint density at radius 3 is 2.33 bits per heavy atom. The molecule has 2 N–H and O–H groups in total. The molecule has 0 saturated heterocycles. The third-order valence-corrected chi connectivity index (χ3v) is 3.41. The molecule has 1 aliphatic carbocycles. The maximum Gasteiger partial charge on any atom is 0.341 e. The predicted molar refractivity (Wildman–Crippen MR) is 78.7 cm³/mol. The van der Waals surface area contributed by atoms with Crippen molar-refractivity contribution in [3.05, 3.63) is 41.0 Å². The Balaban J connectivity index is 2.10. The van der Waals surface area contributed by atoms with Crippen LogP contribution in [0.5, 0.6) is 5.75 Å². The largest absolute Gasteiger partial charge is 0.481 e. The third kappa shape index (κ3) is 3.84. The molecule has 2 rings (SSSR count). The van der Waals surface area contributed by atoms with E-state index >= 15 is 0 Å². The predicted octanol–water partition coefficient (Wildman–Crippen LogP) is 2.22. The third-order valence-electron chi connectivity index (χ3n) is 3.41. The number of nitrogens with one attached hydrogen (secondary N) is 1. The number of carboxylic acids is 1. The minimum Gasteiger partial charge on any atom is -0.481 e. The second-order valence-electron chi connectivity index (χ2n) is 5.23. The Hall–Kier alpha value is -2.30. The van der Waals surface area contributed by atoms with Crippen LogP contribution in [-0.2, 0) is 4.79 Å². The van der Waals surface area contributed by atoms with Crippen LogP contribution in [0.15, 0.2) is 24.3 Å². The number of aliphatic carboxylic acids is 1. The average Bonchev–Trinajstić information content (AvgIpc) is 2.90. The van der Waals surface area contributed by atoms with Crippen molar-refractivity contribution in [3.8, 4) is 5.75 Å². The van der Waals surface area contributed by atoms with Crippen LogP contribution in [0.25, 0.3) is 0 Å². The number of carbonyl (C=O) groups excluding carboxylic acids is 1. The summed E-state index contributed by atoms with van der Waals surface area (Å²) in [6, 6.07) is 3.62. The Morgan fingerprint density at radius 1 is 1.24 bits per heavy atom. The van der Waals surface area contributed by atoms with Crippen LogP contribution in [0, 0.1) is 13.8 Å². The second-order valence-corrected chi connectivity index (χ2v) is 5.23. The van der Waals surface area contributed by atoms with Crippen molar-refractivity contribution in [1.29, 1.82) is 0 Å². The van der Waals surface area contributed by atoms with Crippen molar-refractivity contribution >= 4 is 11.9 Å². The summed E-state index contributed by atoms with van der Waals surface area (Å²) in [6.07, 6.45) is 5.85. The Labute approximate surface area is 123 Å². The average molecular weight is 289 g/mol. The van der Waals surface area contributed by atoms with E-state index in [1.54, 1.807) is 26.0 Å². The maximum atomic E-state index is 12.2. The molecule has 0 aliphatic heterocycles. The van der Waals surface area contributed by atoms with Gasteiger partial charge in [0.2, 0.25) is 0 Å². The summed E-state index contributed by atoms with van der Waals surface area (Å²) in [5.74, 6) is -0.611. The molecule has 21 heavy (non-hydrogen) atoms. The number of aryl methyl sites for hydroxylation is 2. The molecule has 0 saturated carbocycles. The van der Waals surface area contributed by atoms with E-state index in [0.29, 0.717) is 11.3 Å². The van der Waals surface area contributed by atoms with Crippen LogP contribution in [0.4, 0.5) is 0 Å². The molecule has 0 aromatic heterocycles. The minimum atomic E-state index is -1.02. The summed E-state index contributed by atoms with van der Waals surface area (Å²) in [5.41, 5.74) is 2.08. The van der Waals surface area contributed by atoms with Crippen molar-refractivity contribution in [2.24, 2.45) is 0 Å². The van der Waals surface area contributed by atoms with Crippen LogP contribution in [0.2, 0.25) is 0 Å². The quantitative estimate of drug-likeness (QED) is 0.815. The van der Waals surface area contributed by atoms with Crippen LogP contribution in [0.3, 0.4) is 0 Å². The second kappa shape index (κ2) is 6.43. The first kappa shape index (κ1) is 15.1. The summed E-state index contributed by atoms with van der Waals surface area (Å²) in [7, 11) is 0. The van der Waals surface area contributed by atoms with Crippen molar-refractivity contribution in [3.63, 3.8) is 0 Å². The molecule has 1 aromatic rings. The normalized spacial score (nSPS) is 14.2. The topological polar surface area (TPSA) is 75.6 Å². The van der Waals surface area contributed by atoms with E-state index in [1.807, 2.05) is 0 Å². The molecule has 1 aliphatic rings. The van der Waals surface area contributed by atoms with E-state index in [4.69, 9.17) is 9.84 Å². The summed E-state index contributed by atoms with van der Waals surface area (Å²) in [6.45, 7) is 3.22. The van der Waals surface area contributed by atoms with Crippen LogP contribution in [0.1, 0.15) is 34.3 Å². The van der Waals surface area contributed by atoms with Gasteiger partial charge in [-0.2, -0.15) is 0 Å². The molecule has 1 aromatic carbocycles. The summed E-state index contributed by atoms with van der Waals surface area (Å²) >= 11 is 0. The van der Waals surface area contributed by atoms with E-state index in [1.165, 1.54) is 0 Å². The van der Waals surface area contributed by atoms with Gasteiger partial charge in [0, 0.05) is 11.6 Å². The highest BCUT2D eigenvalue weighted by Crippen LogP contribution is 2.25. The van der Waals surface area contributed by atoms with Gasteiger partial charge in [-0.15, -0.1) is 0 Å². The fraction of sp³-hybridized carbons (Fsp3) is 0.375. The number of rotatable bonds is 5. The summed E-state index contributed by atoms with van der Waals surface area (Å²) in [5, 5.41) is 11.6. The zero-order valence-corrected chi connectivity index (χ0v) is 12.2. The van der Waals surface area contributed by atoms with Gasteiger partial charge in [-0.05, 0) is 49.9 Å². The van der Waals surface area contributed by atoms with E-state index in [9.17, 15) is 9.59 Å². The standard InChI is InChI=1S/C16H19NO4/c1-10-7-12(16(20)17-13-5-3-4-6-13)8-11(2)15(10)21-9-14(18)19/h3-4,7-8,13H,5-6,9H2,1-2H3,(H,17,20)(H,18,19). The van der Waals surface area contributed by atoms with Crippen LogP contribution in [-0.4, -0.2) is 29.6 Å². The highest BCUT2D eigenvalue weighted by Gasteiger charge is 2.17. The van der Waals surface area contributed by atoms with Gasteiger partial charge in [-0.25, -0.2) is 4.79 Å². The molecule has 0 atom stereocenters. The monoisotopic (exact) mass is 289 g/mol. The lowest BCUT2D eigenvalue weighted by Gasteiger charge is -2.15. The van der Waals surface area contributed by atoms with Crippen molar-refractivity contribution in [2.75, 3.05) is 6.61 Å². The molecule has 0 radical (unpaired) electrons. The number of hydrogen-bond acceptors (Lipinski definition) is 3. The lowest BCUT2D eigenvalue weighted by atomic mass is 10.0. The Bertz CT molecular complexity index is 561. The van der Waals surface area contributed by atoms with Crippen LogP contribution >= 0.6 is 0 Å². The molecule has 5 heteroatoms. The Morgan fingerprint density at radius 2 is 1.81 bits per heavy atom. The molecule has 0 heterocycles. The van der Waals surface area contributed by atoms with E-state index in [2.05, 4.69) is 17.5 Å². The number of hydrogen-bond donors (Lipinski definition) is 2. The van der Waals surface area contributed by atoms with E-state index < -0.39 is 5.97 Å². The molecular weight excluding hydrogens is 270 g/mol. The molecule has 5 nitrogen and oxygen atoms in total. The zero-order valence-electron chi connectivity index (χ0n) is 12.2. The van der Waals surface area contributed by atoms with Gasteiger partial charge in [-0.3, -0.25) is 4.79 Å². The molecule has 0 bridgehead atoms. The van der Waals surface area contributed by atoms with E-state index in [0.717, 1.165) is 24.0 Å². The van der Waals surface area contributed by atoms with Gasteiger partial charge in [0.15, 0.2) is 6.61 Å². The van der Waals surface area contributed by atoms with Gasteiger partial charge < -0.3 is 15.2 Å². The SMILES string of the molecule is Cc1cc(C(=O)NC2CC=CC2)cc(C)c1OCC(=O)O. The van der Waals surface area contributed by atoms with Gasteiger partial charge in [0.05, 0.1) is 0 Å². The lowest BCUT2D eigenvalue weighted by molar-refractivity contribution is -0.139. The zero-order chi connectivity index (χ0) is 15.4. The summed E-state index contributed by atoms with van der Waals surface area (Å²) in [4.78, 5) is 22.8. The molecule has 1 amide bonds. The van der Waals surface area contributed by atoms with Crippen molar-refractivity contribution in [2.45, 2.75) is 32.7 Å². The first-order valence-electron chi connectivity index (χ1n) is 6.89. The maximum absolute atomic E-state index is 12.2. The minimum absolute atomic E-state index is 0.111. The number of ether oxygens (including phenoxy) is 1. The smallest absolute Gasteiger partial charge is 0.341 e. The molecule has 0 fully saturated rings. The number of benzene rings is 1. The van der Waals surface area contributed by atoms with Gasteiger partial charge >= 0.3 is 5.97 Å². The van der Waals surface area contributed by atoms with Gasteiger partial charge in [0.1, 0.15) is 5.75 Å². The number of carboxylic acid groups (broad SMARTS) is 1. The number of amides is 1. The highest BCUT2D eigenvalue weighted by atomic mass is 16.5. The highest BCUT2D eigenvalue weighted by molar-refractivity contribution is 5.95. The van der Waals surface area contributed by atoms with Crippen molar-refractivity contribution in [1.82, 2.24) is 5.32 Å². The summed E-state index contributed by atoms with van der Waals surface area (Å²) < 4.78 is 5.26. The molecule has 0 spiro atoms. The number of carbonyl (C=O) groups is 2. The van der Waals surface area contributed by atoms with Crippen molar-refractivity contribution < 1.29 is 19.4 Å². The fourth-order valence-electron chi connectivity index (χ4n) is 2.45. The fourth-order valence-corrected chi connectivity index (χ4v) is 2.45. The molecule has 112 valence electrons. The Kier molecular flexibility index (Phi) is 4.62.